The van der Waals surface area contributed by atoms with Crippen molar-refractivity contribution >= 4 is 5.82 Å². The second kappa shape index (κ2) is 5.94. The number of aromatic amines is 1. The highest BCUT2D eigenvalue weighted by molar-refractivity contribution is 5.47. The molecular weight excluding hydrogens is 311 g/mol. The molecule has 23 heavy (non-hydrogen) atoms. The van der Waals surface area contributed by atoms with Gasteiger partial charge in [0, 0.05) is 0 Å². The molecule has 2 aromatic rings. The summed E-state index contributed by atoms with van der Waals surface area (Å²) in [6.07, 6.45) is -1.99. The Morgan fingerprint density at radius 3 is 2.78 bits per heavy atom. The number of nitrogens with zero attached hydrogens (tertiary/aromatic N) is 1. The number of fused-ring (bicyclic) bond motifs is 1. The van der Waals surface area contributed by atoms with E-state index in [1.54, 1.807) is 12.1 Å². The van der Waals surface area contributed by atoms with Crippen LogP contribution in [0.15, 0.2) is 33.9 Å². The Bertz CT molecular complexity index is 845. The van der Waals surface area contributed by atoms with Crippen LogP contribution < -0.4 is 16.6 Å². The molecule has 2 N–H and O–H groups in total. The Labute approximate surface area is 128 Å². The van der Waals surface area contributed by atoms with Crippen LogP contribution in [0.1, 0.15) is 23.6 Å². The molecule has 3 rings (SSSR count). The lowest BCUT2D eigenvalue weighted by atomic mass is 9.96. The van der Waals surface area contributed by atoms with E-state index in [2.05, 4.69) is 10.3 Å². The van der Waals surface area contributed by atoms with Crippen molar-refractivity contribution in [2.24, 2.45) is 0 Å². The van der Waals surface area contributed by atoms with E-state index in [0.717, 1.165) is 0 Å². The summed E-state index contributed by atoms with van der Waals surface area (Å²) in [7, 11) is 0. The van der Waals surface area contributed by atoms with Gasteiger partial charge in [-0.05, 0) is 30.5 Å². The van der Waals surface area contributed by atoms with Crippen LogP contribution in [0.2, 0.25) is 0 Å². The van der Waals surface area contributed by atoms with Crippen LogP contribution in [0.4, 0.5) is 19.0 Å². The van der Waals surface area contributed by atoms with E-state index in [9.17, 15) is 22.8 Å². The fourth-order valence-electron chi connectivity index (χ4n) is 2.78. The number of aromatic nitrogens is 2. The van der Waals surface area contributed by atoms with Crippen molar-refractivity contribution in [2.45, 2.75) is 31.9 Å². The van der Waals surface area contributed by atoms with Gasteiger partial charge in [-0.1, -0.05) is 12.1 Å². The van der Waals surface area contributed by atoms with Gasteiger partial charge in [0.1, 0.15) is 11.6 Å². The lowest BCUT2D eigenvalue weighted by Crippen LogP contribution is -2.41. The van der Waals surface area contributed by atoms with E-state index in [1.807, 2.05) is 0 Å². The first-order valence-corrected chi connectivity index (χ1v) is 7.12. The first-order valence-electron chi connectivity index (χ1n) is 7.12. The SMILES string of the molecule is O=c1[nH]c2c(c(=O)n1CC(F)F)CC[C@H](c1cccc(F)c1)N2. The number of H-pyrrole nitrogens is 1. The average Bonchev–Trinajstić information content (AvgIpc) is 2.50. The van der Waals surface area contributed by atoms with Gasteiger partial charge in [0.05, 0.1) is 18.2 Å². The normalized spacial score (nSPS) is 17.0. The highest BCUT2D eigenvalue weighted by atomic mass is 19.3. The molecule has 0 fully saturated rings. The summed E-state index contributed by atoms with van der Waals surface area (Å²) in [5.41, 5.74) is -0.651. The van der Waals surface area contributed by atoms with Crippen molar-refractivity contribution in [3.8, 4) is 0 Å². The molecule has 0 saturated carbocycles. The lowest BCUT2D eigenvalue weighted by Gasteiger charge is -2.27. The predicted molar refractivity (Wildman–Crippen MR) is 78.4 cm³/mol. The Morgan fingerprint density at radius 1 is 1.30 bits per heavy atom. The van der Waals surface area contributed by atoms with Crippen molar-refractivity contribution in [3.63, 3.8) is 0 Å². The molecule has 0 bridgehead atoms. The number of nitrogens with one attached hydrogen (secondary N) is 2. The molecule has 1 aliphatic heterocycles. The summed E-state index contributed by atoms with van der Waals surface area (Å²) >= 11 is 0. The van der Waals surface area contributed by atoms with Gasteiger partial charge in [-0.25, -0.2) is 18.0 Å². The highest BCUT2D eigenvalue weighted by Crippen LogP contribution is 2.29. The van der Waals surface area contributed by atoms with Crippen molar-refractivity contribution < 1.29 is 13.2 Å². The number of halogens is 3. The minimum Gasteiger partial charge on any atom is -0.364 e. The van der Waals surface area contributed by atoms with Crippen LogP contribution >= 0.6 is 0 Å². The quantitative estimate of drug-likeness (QED) is 0.907. The standard InChI is InChI=1S/C15H14F3N3O2/c16-9-3-1-2-8(6-9)11-5-4-10-13(19-11)20-15(23)21(14(10)22)7-12(17)18/h1-3,6,11-12,19H,4-5,7H2,(H,20,23)/t11-/m1/s1. The van der Waals surface area contributed by atoms with E-state index < -0.39 is 24.2 Å². The third-order valence-electron chi connectivity index (χ3n) is 3.86. The summed E-state index contributed by atoms with van der Waals surface area (Å²) in [4.78, 5) is 26.4. The van der Waals surface area contributed by atoms with Crippen LogP contribution in [-0.2, 0) is 13.0 Å². The first-order chi connectivity index (χ1) is 11.0. The third kappa shape index (κ3) is 3.01. The first kappa shape index (κ1) is 15.4. The minimum atomic E-state index is -2.79. The van der Waals surface area contributed by atoms with Gasteiger partial charge in [-0.2, -0.15) is 0 Å². The summed E-state index contributed by atoms with van der Waals surface area (Å²) in [5, 5.41) is 2.98. The Balaban J connectivity index is 1.96. The van der Waals surface area contributed by atoms with Crippen molar-refractivity contribution in [3.05, 3.63) is 62.0 Å². The molecule has 1 atom stereocenters. The summed E-state index contributed by atoms with van der Waals surface area (Å²) in [6, 6.07) is 5.75. The van der Waals surface area contributed by atoms with Crippen LogP contribution in [-0.4, -0.2) is 16.0 Å². The molecular formula is C15H14F3N3O2. The molecule has 0 radical (unpaired) electrons. The van der Waals surface area contributed by atoms with Crippen molar-refractivity contribution in [2.75, 3.05) is 5.32 Å². The average molecular weight is 325 g/mol. The van der Waals surface area contributed by atoms with Gasteiger partial charge >= 0.3 is 5.69 Å². The number of hydrogen-bond donors (Lipinski definition) is 2. The van der Waals surface area contributed by atoms with E-state index in [1.165, 1.54) is 12.1 Å². The van der Waals surface area contributed by atoms with Crippen LogP contribution in [0.5, 0.6) is 0 Å². The van der Waals surface area contributed by atoms with Gasteiger partial charge in [0.15, 0.2) is 0 Å². The van der Waals surface area contributed by atoms with E-state index in [0.29, 0.717) is 23.0 Å². The van der Waals surface area contributed by atoms with Crippen LogP contribution in [0.25, 0.3) is 0 Å². The molecule has 0 amide bonds. The zero-order valence-electron chi connectivity index (χ0n) is 12.0. The lowest BCUT2D eigenvalue weighted by molar-refractivity contribution is 0.123. The monoisotopic (exact) mass is 325 g/mol. The van der Waals surface area contributed by atoms with Gasteiger partial charge in [-0.15, -0.1) is 0 Å². The molecule has 1 aromatic carbocycles. The second-order valence-electron chi connectivity index (χ2n) is 5.38. The van der Waals surface area contributed by atoms with Gasteiger partial charge < -0.3 is 5.32 Å². The summed E-state index contributed by atoms with van der Waals surface area (Å²) in [6.45, 7) is -0.936. The van der Waals surface area contributed by atoms with Crippen molar-refractivity contribution in [1.29, 1.82) is 0 Å². The smallest absolute Gasteiger partial charge is 0.330 e. The molecule has 122 valence electrons. The number of rotatable bonds is 3. The molecule has 1 aliphatic rings. The number of anilines is 1. The number of benzene rings is 1. The molecule has 2 heterocycles. The Hall–Kier alpha value is -2.51. The molecule has 0 aliphatic carbocycles. The van der Waals surface area contributed by atoms with Gasteiger partial charge in [0.25, 0.3) is 12.0 Å². The van der Waals surface area contributed by atoms with Crippen molar-refractivity contribution in [1.82, 2.24) is 9.55 Å². The molecule has 0 spiro atoms. The second-order valence-corrected chi connectivity index (χ2v) is 5.38. The fraction of sp³-hybridized carbons (Fsp3) is 0.333. The minimum absolute atomic E-state index is 0.214. The highest BCUT2D eigenvalue weighted by Gasteiger charge is 2.24. The maximum atomic E-state index is 13.3. The summed E-state index contributed by atoms with van der Waals surface area (Å²) < 4.78 is 38.8. The van der Waals surface area contributed by atoms with Gasteiger partial charge in [-0.3, -0.25) is 14.3 Å². The molecule has 0 unspecified atom stereocenters. The van der Waals surface area contributed by atoms with Crippen LogP contribution in [0.3, 0.4) is 0 Å². The summed E-state index contributed by atoms with van der Waals surface area (Å²) in [5.74, 6) is -0.165. The van der Waals surface area contributed by atoms with E-state index >= 15 is 0 Å². The van der Waals surface area contributed by atoms with E-state index in [-0.39, 0.29) is 23.2 Å². The molecule has 1 aromatic heterocycles. The molecule has 0 saturated heterocycles. The number of hydrogen-bond acceptors (Lipinski definition) is 3. The van der Waals surface area contributed by atoms with E-state index in [4.69, 9.17) is 0 Å². The maximum absolute atomic E-state index is 13.3. The molecule has 5 nitrogen and oxygen atoms in total. The zero-order valence-corrected chi connectivity index (χ0v) is 12.0. The van der Waals surface area contributed by atoms with Crippen LogP contribution in [0, 0.1) is 5.82 Å². The Kier molecular flexibility index (Phi) is 3.97. The largest absolute Gasteiger partial charge is 0.364 e. The third-order valence-corrected chi connectivity index (χ3v) is 3.86. The maximum Gasteiger partial charge on any atom is 0.330 e. The topological polar surface area (TPSA) is 66.9 Å². The fourth-order valence-corrected chi connectivity index (χ4v) is 2.78. The Morgan fingerprint density at radius 2 is 2.09 bits per heavy atom. The predicted octanol–water partition coefficient (Wildman–Crippen LogP) is 2.04. The number of alkyl halides is 2. The molecule has 8 heteroatoms. The van der Waals surface area contributed by atoms with Gasteiger partial charge in [0.2, 0.25) is 0 Å². The zero-order chi connectivity index (χ0) is 16.6.